The van der Waals surface area contributed by atoms with Crippen LogP contribution in [0.3, 0.4) is 0 Å². The van der Waals surface area contributed by atoms with E-state index in [1.54, 1.807) is 12.1 Å². The number of hydrogen-bond acceptors (Lipinski definition) is 5. The number of aryl methyl sites for hydroxylation is 1. The number of nitrogens with one attached hydrogen (secondary N) is 3. The highest BCUT2D eigenvalue weighted by molar-refractivity contribution is 7.92. The summed E-state index contributed by atoms with van der Waals surface area (Å²) in [6.45, 7) is 3.31. The first kappa shape index (κ1) is 23.4. The number of rotatable bonds is 9. The second-order valence-corrected chi connectivity index (χ2v) is 10.2. The van der Waals surface area contributed by atoms with Gasteiger partial charge in [0.25, 0.3) is 0 Å². The zero-order valence-electron chi connectivity index (χ0n) is 18.4. The first-order chi connectivity index (χ1) is 15.7. The van der Waals surface area contributed by atoms with Gasteiger partial charge < -0.3 is 20.1 Å². The molecule has 0 aliphatic rings. The van der Waals surface area contributed by atoms with Crippen LogP contribution in [0.15, 0.2) is 54.6 Å². The van der Waals surface area contributed by atoms with Crippen LogP contribution in [-0.4, -0.2) is 44.5 Å². The summed E-state index contributed by atoms with van der Waals surface area (Å²) in [5.41, 5.74) is 4.13. The van der Waals surface area contributed by atoms with Gasteiger partial charge in [-0.3, -0.25) is 4.72 Å². The highest BCUT2D eigenvalue weighted by atomic mass is 35.5. The van der Waals surface area contributed by atoms with E-state index in [2.05, 4.69) is 46.2 Å². The Morgan fingerprint density at radius 1 is 1.06 bits per heavy atom. The molecule has 7 nitrogen and oxygen atoms in total. The van der Waals surface area contributed by atoms with E-state index in [4.69, 9.17) is 16.3 Å². The first-order valence-electron chi connectivity index (χ1n) is 10.5. The van der Waals surface area contributed by atoms with Gasteiger partial charge >= 0.3 is 0 Å². The van der Waals surface area contributed by atoms with Crippen molar-refractivity contribution in [2.45, 2.75) is 13.0 Å². The van der Waals surface area contributed by atoms with Crippen LogP contribution in [-0.2, 0) is 10.0 Å². The normalized spacial score (nSPS) is 12.8. The number of anilines is 1. The molecule has 0 saturated carbocycles. The van der Waals surface area contributed by atoms with Gasteiger partial charge in [-0.15, -0.1) is 0 Å². The third-order valence-electron chi connectivity index (χ3n) is 5.28. The van der Waals surface area contributed by atoms with Crippen LogP contribution in [0.25, 0.3) is 21.8 Å². The molecule has 0 spiro atoms. The van der Waals surface area contributed by atoms with E-state index in [9.17, 15) is 13.5 Å². The first-order valence-corrected chi connectivity index (χ1v) is 12.8. The van der Waals surface area contributed by atoms with Gasteiger partial charge in [0, 0.05) is 35.4 Å². The molecule has 0 radical (unpaired) electrons. The van der Waals surface area contributed by atoms with E-state index < -0.39 is 16.1 Å². The molecule has 33 heavy (non-hydrogen) atoms. The zero-order chi connectivity index (χ0) is 23.6. The lowest BCUT2D eigenvalue weighted by atomic mass is 10.1. The standard InChI is InChI=1S/C24H26ClN3O4S/c1-15-3-6-18-19-7-5-17(13-22(19)27-21(18)11-15)32-10-9-26-14-24(29)16-4-8-20(25)23(12-16)28-33(2,30)31/h3-8,11-13,24,26-29H,9-10,14H2,1-2H3. The summed E-state index contributed by atoms with van der Waals surface area (Å²) >= 11 is 6.03. The van der Waals surface area contributed by atoms with Gasteiger partial charge in [-0.1, -0.05) is 29.8 Å². The summed E-state index contributed by atoms with van der Waals surface area (Å²) < 4.78 is 31.1. The fourth-order valence-corrected chi connectivity index (χ4v) is 4.51. The molecule has 0 aliphatic carbocycles. The maximum atomic E-state index is 11.5. The number of aliphatic hydroxyl groups is 1. The molecule has 4 aromatic rings. The maximum Gasteiger partial charge on any atom is 0.229 e. The minimum absolute atomic E-state index is 0.238. The van der Waals surface area contributed by atoms with Crippen LogP contribution >= 0.6 is 11.6 Å². The average molecular weight is 488 g/mol. The van der Waals surface area contributed by atoms with Gasteiger partial charge in [-0.2, -0.15) is 0 Å². The van der Waals surface area contributed by atoms with Gasteiger partial charge in [-0.25, -0.2) is 8.42 Å². The van der Waals surface area contributed by atoms with Crippen molar-refractivity contribution >= 4 is 49.1 Å². The monoisotopic (exact) mass is 487 g/mol. The number of aromatic nitrogens is 1. The molecular formula is C24H26ClN3O4S. The van der Waals surface area contributed by atoms with E-state index >= 15 is 0 Å². The Hall–Kier alpha value is -2.78. The van der Waals surface area contributed by atoms with Crippen molar-refractivity contribution < 1.29 is 18.3 Å². The van der Waals surface area contributed by atoms with Crippen LogP contribution in [0, 0.1) is 6.92 Å². The number of halogens is 1. The molecule has 0 fully saturated rings. The van der Waals surface area contributed by atoms with Crippen molar-refractivity contribution in [1.29, 1.82) is 0 Å². The molecule has 4 N–H and O–H groups in total. The number of sulfonamides is 1. The van der Waals surface area contributed by atoms with Crippen molar-refractivity contribution in [3.05, 3.63) is 70.7 Å². The van der Waals surface area contributed by atoms with Crippen molar-refractivity contribution in [2.75, 3.05) is 30.7 Å². The van der Waals surface area contributed by atoms with Crippen molar-refractivity contribution in [3.8, 4) is 5.75 Å². The lowest BCUT2D eigenvalue weighted by molar-refractivity contribution is 0.172. The largest absolute Gasteiger partial charge is 0.492 e. The number of fused-ring (bicyclic) bond motifs is 3. The lowest BCUT2D eigenvalue weighted by Gasteiger charge is -2.15. The van der Waals surface area contributed by atoms with E-state index in [0.717, 1.165) is 28.4 Å². The Balaban J connectivity index is 1.30. The molecule has 3 aromatic carbocycles. The number of benzene rings is 3. The van der Waals surface area contributed by atoms with Crippen LogP contribution in [0.2, 0.25) is 5.02 Å². The molecule has 9 heteroatoms. The predicted octanol–water partition coefficient (Wildman–Crippen LogP) is 4.36. The van der Waals surface area contributed by atoms with Gasteiger partial charge in [0.05, 0.1) is 28.6 Å². The van der Waals surface area contributed by atoms with E-state index in [1.807, 2.05) is 12.1 Å². The Morgan fingerprint density at radius 3 is 2.55 bits per heavy atom. The molecule has 1 aromatic heterocycles. The quantitative estimate of drug-likeness (QED) is 0.263. The minimum Gasteiger partial charge on any atom is -0.492 e. The molecule has 1 unspecified atom stereocenters. The summed E-state index contributed by atoms with van der Waals surface area (Å²) in [7, 11) is -3.47. The Morgan fingerprint density at radius 2 is 1.79 bits per heavy atom. The fraction of sp³-hybridized carbons (Fsp3) is 0.250. The molecule has 1 heterocycles. The van der Waals surface area contributed by atoms with Crippen molar-refractivity contribution in [3.63, 3.8) is 0 Å². The highest BCUT2D eigenvalue weighted by Gasteiger charge is 2.12. The number of hydrogen-bond donors (Lipinski definition) is 4. The lowest BCUT2D eigenvalue weighted by Crippen LogP contribution is -2.26. The summed E-state index contributed by atoms with van der Waals surface area (Å²) in [6.07, 6.45) is 0.221. The third kappa shape index (κ3) is 5.78. The van der Waals surface area contributed by atoms with E-state index in [-0.39, 0.29) is 17.3 Å². The SMILES string of the molecule is Cc1ccc2c(c1)[nH]c1cc(OCCNCC(O)c3ccc(Cl)c(NS(C)(=O)=O)c3)ccc12. The minimum atomic E-state index is -3.47. The van der Waals surface area contributed by atoms with Crippen LogP contribution in [0.4, 0.5) is 5.69 Å². The molecule has 4 rings (SSSR count). The third-order valence-corrected chi connectivity index (χ3v) is 6.20. The van der Waals surface area contributed by atoms with Gasteiger partial charge in [0.2, 0.25) is 10.0 Å². The van der Waals surface area contributed by atoms with E-state index in [1.165, 1.54) is 17.0 Å². The van der Waals surface area contributed by atoms with Crippen molar-refractivity contribution in [1.82, 2.24) is 10.3 Å². The average Bonchev–Trinajstić information content (AvgIpc) is 3.10. The second-order valence-electron chi connectivity index (χ2n) is 8.06. The summed E-state index contributed by atoms with van der Waals surface area (Å²) in [5, 5.41) is 16.2. The van der Waals surface area contributed by atoms with Gasteiger partial charge in [0.15, 0.2) is 0 Å². The number of ether oxygens (including phenoxy) is 1. The number of aromatic amines is 1. The molecule has 0 amide bonds. The Labute approximate surface area is 197 Å². The highest BCUT2D eigenvalue weighted by Crippen LogP contribution is 2.29. The van der Waals surface area contributed by atoms with Crippen LogP contribution in [0.1, 0.15) is 17.2 Å². The number of aliphatic hydroxyl groups excluding tert-OH is 1. The molecule has 0 bridgehead atoms. The summed E-state index contributed by atoms with van der Waals surface area (Å²) in [6, 6.07) is 17.1. The van der Waals surface area contributed by atoms with Crippen LogP contribution < -0.4 is 14.8 Å². The molecule has 0 aliphatic heterocycles. The molecule has 1 atom stereocenters. The molecule has 174 valence electrons. The zero-order valence-corrected chi connectivity index (χ0v) is 19.9. The Bertz CT molecular complexity index is 1400. The smallest absolute Gasteiger partial charge is 0.229 e. The Kier molecular flexibility index (Phi) is 6.81. The van der Waals surface area contributed by atoms with Crippen LogP contribution in [0.5, 0.6) is 5.75 Å². The molecule has 0 saturated heterocycles. The topological polar surface area (TPSA) is 103 Å². The fourth-order valence-electron chi connectivity index (χ4n) is 3.72. The summed E-state index contributed by atoms with van der Waals surface area (Å²) in [4.78, 5) is 3.44. The second kappa shape index (κ2) is 9.61. The van der Waals surface area contributed by atoms with E-state index in [0.29, 0.717) is 18.7 Å². The predicted molar refractivity (Wildman–Crippen MR) is 134 cm³/mol. The summed E-state index contributed by atoms with van der Waals surface area (Å²) in [5.74, 6) is 0.766. The molecular weight excluding hydrogens is 462 g/mol. The number of H-pyrrole nitrogens is 1. The van der Waals surface area contributed by atoms with Gasteiger partial charge in [0.1, 0.15) is 12.4 Å². The maximum absolute atomic E-state index is 11.5. The van der Waals surface area contributed by atoms with Gasteiger partial charge in [-0.05, 0) is 48.4 Å². The van der Waals surface area contributed by atoms with Crippen molar-refractivity contribution in [2.24, 2.45) is 0 Å².